The summed E-state index contributed by atoms with van der Waals surface area (Å²) in [5.74, 6) is -1.40. The van der Waals surface area contributed by atoms with Crippen LogP contribution in [0.25, 0.3) is 11.1 Å². The Balaban J connectivity index is 1.41. The first-order valence-electron chi connectivity index (χ1n) is 15.1. The number of nitrogens with one attached hydrogen (secondary N) is 2. The second kappa shape index (κ2) is 14.4. The van der Waals surface area contributed by atoms with Crippen LogP contribution in [-0.4, -0.2) is 59.5 Å². The third-order valence-corrected chi connectivity index (χ3v) is 6.91. The van der Waals surface area contributed by atoms with Crippen molar-refractivity contribution in [2.45, 2.75) is 71.1 Å². The third-order valence-electron chi connectivity index (χ3n) is 6.91. The number of carbonyl (C=O) groups is 4. The number of hydrazone groups is 1. The molecule has 4 rings (SSSR count). The minimum absolute atomic E-state index is 0.0474. The number of benzene rings is 3. The van der Waals surface area contributed by atoms with E-state index in [-0.39, 0.29) is 18.9 Å². The van der Waals surface area contributed by atoms with E-state index in [9.17, 15) is 24.3 Å². The summed E-state index contributed by atoms with van der Waals surface area (Å²) in [5, 5.41) is 16.1. The van der Waals surface area contributed by atoms with Crippen molar-refractivity contribution in [3.63, 3.8) is 0 Å². The van der Waals surface area contributed by atoms with E-state index in [4.69, 9.17) is 14.2 Å². The predicted octanol–water partition coefficient (Wildman–Crippen LogP) is 6.43. The summed E-state index contributed by atoms with van der Waals surface area (Å²) in [4.78, 5) is 50.9. The van der Waals surface area contributed by atoms with Crippen molar-refractivity contribution >= 4 is 36.3 Å². The number of carboxylic acid groups (broad SMARTS) is 1. The normalized spacial score (nSPS) is 13.2. The van der Waals surface area contributed by atoms with E-state index in [1.54, 1.807) is 65.8 Å². The average Bonchev–Trinajstić information content (AvgIpc) is 3.30. The van der Waals surface area contributed by atoms with Crippen LogP contribution in [0.2, 0.25) is 0 Å². The Bertz CT molecular complexity index is 1590. The van der Waals surface area contributed by atoms with Crippen LogP contribution in [-0.2, 0) is 25.4 Å². The standard InChI is InChI=1S/C35H40N4O8/c1-34(2,3)46-32(43)38-36-21-39(33(44)47-35(4,5)6)23-17-15-22(16-18-23)19-29(30(40)41)37-31(42)45-20-28-26-13-9-7-11-24(26)25-12-8-10-14-27(25)28/h7-18,21,28-29H,19-20H2,1-6H3,(H,37,42)(H,38,43)(H,40,41). The van der Waals surface area contributed by atoms with Gasteiger partial charge in [-0.2, -0.15) is 5.10 Å². The van der Waals surface area contributed by atoms with Crippen molar-refractivity contribution in [1.82, 2.24) is 10.7 Å². The van der Waals surface area contributed by atoms with Crippen LogP contribution >= 0.6 is 0 Å². The van der Waals surface area contributed by atoms with Gasteiger partial charge in [0.05, 0.1) is 5.69 Å². The van der Waals surface area contributed by atoms with E-state index in [0.717, 1.165) is 33.5 Å². The average molecular weight is 645 g/mol. The van der Waals surface area contributed by atoms with Crippen LogP contribution < -0.4 is 15.6 Å². The fourth-order valence-corrected chi connectivity index (χ4v) is 4.98. The molecule has 0 spiro atoms. The van der Waals surface area contributed by atoms with Crippen LogP contribution in [0.1, 0.15) is 64.2 Å². The summed E-state index contributed by atoms with van der Waals surface area (Å²) >= 11 is 0. The maximum absolute atomic E-state index is 13.0. The van der Waals surface area contributed by atoms with Gasteiger partial charge in [0.2, 0.25) is 0 Å². The Hall–Kier alpha value is -5.39. The SMILES string of the molecule is CC(C)(C)OC(=O)NN=CN(C(=O)OC(C)(C)C)c1ccc(CC(NC(=O)OCC2c3ccccc3-c3ccccc32)C(=O)O)cc1. The molecule has 12 nitrogen and oxygen atoms in total. The van der Waals surface area contributed by atoms with E-state index in [0.29, 0.717) is 11.3 Å². The lowest BCUT2D eigenvalue weighted by Crippen LogP contribution is -2.43. The molecule has 0 radical (unpaired) electrons. The van der Waals surface area contributed by atoms with Crippen LogP contribution in [0, 0.1) is 0 Å². The second-order valence-corrected chi connectivity index (χ2v) is 12.9. The minimum atomic E-state index is -1.28. The lowest BCUT2D eigenvalue weighted by molar-refractivity contribution is -0.139. The summed E-state index contributed by atoms with van der Waals surface area (Å²) in [7, 11) is 0. The summed E-state index contributed by atoms with van der Waals surface area (Å²) in [6.07, 6.45) is -1.40. The van der Waals surface area contributed by atoms with Gasteiger partial charge in [0, 0.05) is 12.3 Å². The Morgan fingerprint density at radius 1 is 0.830 bits per heavy atom. The monoisotopic (exact) mass is 644 g/mol. The molecule has 0 aromatic heterocycles. The Morgan fingerprint density at radius 2 is 1.38 bits per heavy atom. The number of fused-ring (bicyclic) bond motifs is 3. The Labute approximate surface area is 273 Å². The summed E-state index contributed by atoms with van der Waals surface area (Å²) in [5.41, 5.74) is 5.79. The van der Waals surface area contributed by atoms with Crippen LogP contribution in [0.15, 0.2) is 77.9 Å². The van der Waals surface area contributed by atoms with Gasteiger partial charge in [-0.15, -0.1) is 0 Å². The van der Waals surface area contributed by atoms with E-state index in [1.165, 1.54) is 0 Å². The van der Waals surface area contributed by atoms with Crippen LogP contribution in [0.5, 0.6) is 0 Å². The summed E-state index contributed by atoms with van der Waals surface area (Å²) in [6.45, 7) is 10.3. The summed E-state index contributed by atoms with van der Waals surface area (Å²) < 4.78 is 16.2. The highest BCUT2D eigenvalue weighted by atomic mass is 16.6. The zero-order valence-electron chi connectivity index (χ0n) is 27.3. The number of ether oxygens (including phenoxy) is 3. The highest BCUT2D eigenvalue weighted by Gasteiger charge is 2.30. The van der Waals surface area contributed by atoms with Crippen molar-refractivity contribution < 1.29 is 38.5 Å². The lowest BCUT2D eigenvalue weighted by Gasteiger charge is -2.25. The number of hydrogen-bond acceptors (Lipinski definition) is 8. The number of aliphatic carboxylic acids is 1. The summed E-state index contributed by atoms with van der Waals surface area (Å²) in [6, 6.07) is 20.9. The van der Waals surface area contributed by atoms with Gasteiger partial charge < -0.3 is 24.6 Å². The number of carbonyl (C=O) groups excluding carboxylic acids is 3. The maximum Gasteiger partial charge on any atom is 0.428 e. The van der Waals surface area contributed by atoms with Crippen molar-refractivity contribution in [2.75, 3.05) is 11.5 Å². The van der Waals surface area contributed by atoms with Gasteiger partial charge in [0.15, 0.2) is 0 Å². The molecule has 0 bridgehead atoms. The lowest BCUT2D eigenvalue weighted by atomic mass is 9.98. The highest BCUT2D eigenvalue weighted by Crippen LogP contribution is 2.44. The zero-order valence-corrected chi connectivity index (χ0v) is 27.3. The van der Waals surface area contributed by atoms with Gasteiger partial charge in [-0.1, -0.05) is 60.7 Å². The maximum atomic E-state index is 13.0. The largest absolute Gasteiger partial charge is 0.480 e. The first kappa shape index (κ1) is 34.5. The highest BCUT2D eigenvalue weighted by molar-refractivity contribution is 6.05. The fourth-order valence-electron chi connectivity index (χ4n) is 4.98. The number of alkyl carbamates (subject to hydrolysis) is 1. The molecule has 0 fully saturated rings. The second-order valence-electron chi connectivity index (χ2n) is 12.9. The Morgan fingerprint density at radius 3 is 1.91 bits per heavy atom. The van der Waals surface area contributed by atoms with Gasteiger partial charge in [-0.05, 0) is 81.5 Å². The molecule has 1 aliphatic carbocycles. The molecule has 0 heterocycles. The molecule has 248 valence electrons. The number of anilines is 1. The van der Waals surface area contributed by atoms with Gasteiger partial charge in [-0.3, -0.25) is 0 Å². The molecule has 47 heavy (non-hydrogen) atoms. The molecule has 1 aliphatic rings. The molecule has 3 aromatic rings. The molecule has 0 saturated carbocycles. The molecule has 3 N–H and O–H groups in total. The van der Waals surface area contributed by atoms with Crippen molar-refractivity contribution in [3.05, 3.63) is 89.5 Å². The first-order chi connectivity index (χ1) is 22.1. The molecule has 0 aliphatic heterocycles. The van der Waals surface area contributed by atoms with E-state index < -0.39 is 41.5 Å². The topological polar surface area (TPSA) is 156 Å². The van der Waals surface area contributed by atoms with Crippen molar-refractivity contribution in [1.29, 1.82) is 0 Å². The molecule has 1 atom stereocenters. The van der Waals surface area contributed by atoms with Gasteiger partial charge in [-0.25, -0.2) is 29.5 Å². The van der Waals surface area contributed by atoms with Gasteiger partial charge in [0.1, 0.15) is 30.2 Å². The number of amides is 3. The molecule has 12 heteroatoms. The molecule has 3 aromatic carbocycles. The van der Waals surface area contributed by atoms with E-state index in [1.807, 2.05) is 48.5 Å². The van der Waals surface area contributed by atoms with E-state index >= 15 is 0 Å². The van der Waals surface area contributed by atoms with Gasteiger partial charge in [0.25, 0.3) is 0 Å². The molecular formula is C35H40N4O8. The quantitative estimate of drug-likeness (QED) is 0.104. The number of nitrogens with zero attached hydrogens (tertiary/aromatic N) is 2. The van der Waals surface area contributed by atoms with Gasteiger partial charge >= 0.3 is 24.2 Å². The third kappa shape index (κ3) is 9.55. The number of carboxylic acids is 1. The molecule has 0 saturated heterocycles. The Kier molecular flexibility index (Phi) is 10.5. The van der Waals surface area contributed by atoms with Crippen LogP contribution in [0.4, 0.5) is 20.1 Å². The molecular weight excluding hydrogens is 604 g/mol. The number of hydrogen-bond donors (Lipinski definition) is 3. The van der Waals surface area contributed by atoms with E-state index in [2.05, 4.69) is 15.8 Å². The fraction of sp³-hybridized carbons (Fsp3) is 0.343. The minimum Gasteiger partial charge on any atom is -0.480 e. The van der Waals surface area contributed by atoms with Crippen LogP contribution in [0.3, 0.4) is 0 Å². The molecule has 1 unspecified atom stereocenters. The van der Waals surface area contributed by atoms with Crippen molar-refractivity contribution in [3.8, 4) is 11.1 Å². The molecule has 3 amide bonds. The van der Waals surface area contributed by atoms with Crippen molar-refractivity contribution in [2.24, 2.45) is 5.10 Å². The smallest absolute Gasteiger partial charge is 0.428 e. The first-order valence-corrected chi connectivity index (χ1v) is 15.1. The zero-order chi connectivity index (χ0) is 34.4. The number of rotatable bonds is 9. The predicted molar refractivity (Wildman–Crippen MR) is 176 cm³/mol.